The van der Waals surface area contributed by atoms with Crippen LogP contribution in [-0.2, 0) is 16.0 Å². The van der Waals surface area contributed by atoms with Gasteiger partial charge in [-0.15, -0.1) is 0 Å². The molecule has 0 unspecified atom stereocenters. The van der Waals surface area contributed by atoms with Crippen molar-refractivity contribution in [2.24, 2.45) is 5.92 Å². The van der Waals surface area contributed by atoms with Gasteiger partial charge in [-0.3, -0.25) is 9.59 Å². The van der Waals surface area contributed by atoms with Crippen LogP contribution in [0.15, 0.2) is 12.1 Å². The molecule has 0 aromatic heterocycles. The van der Waals surface area contributed by atoms with E-state index < -0.39 is 0 Å². The summed E-state index contributed by atoms with van der Waals surface area (Å²) in [7, 11) is 1.66. The number of hydrogen-bond acceptors (Lipinski definition) is 3. The van der Waals surface area contributed by atoms with Crippen molar-refractivity contribution in [3.63, 3.8) is 0 Å². The fraction of sp³-hybridized carbons (Fsp3) is 0.600. The molecule has 1 aliphatic carbocycles. The molecule has 3 rings (SSSR count). The largest absolute Gasteiger partial charge is 0.496 e. The van der Waals surface area contributed by atoms with Crippen LogP contribution < -0.4 is 4.74 Å². The first kappa shape index (κ1) is 17.8. The van der Waals surface area contributed by atoms with Crippen LogP contribution in [0.4, 0.5) is 0 Å². The molecule has 2 fully saturated rings. The topological polar surface area (TPSA) is 49.9 Å². The number of piperazine rings is 1. The van der Waals surface area contributed by atoms with Crippen molar-refractivity contribution in [2.75, 3.05) is 33.3 Å². The zero-order chi connectivity index (χ0) is 18.0. The highest BCUT2D eigenvalue weighted by Crippen LogP contribution is 2.29. The van der Waals surface area contributed by atoms with Crippen LogP contribution in [0.2, 0.25) is 0 Å². The molecule has 0 bridgehead atoms. The third-order valence-electron chi connectivity index (χ3n) is 5.81. The summed E-state index contributed by atoms with van der Waals surface area (Å²) in [5.74, 6) is 1.53. The lowest BCUT2D eigenvalue weighted by atomic mass is 9.84. The number of methoxy groups -OCH3 is 1. The van der Waals surface area contributed by atoms with E-state index in [1.54, 1.807) is 7.11 Å². The van der Waals surface area contributed by atoms with E-state index in [0.717, 1.165) is 35.3 Å². The number of carbonyl (C=O) groups excluding carboxylic acids is 2. The van der Waals surface area contributed by atoms with Gasteiger partial charge in [-0.1, -0.05) is 12.5 Å². The number of amides is 2. The van der Waals surface area contributed by atoms with E-state index in [9.17, 15) is 9.59 Å². The number of ether oxygens (including phenoxy) is 1. The summed E-state index contributed by atoms with van der Waals surface area (Å²) in [5, 5.41) is 0. The number of rotatable bonds is 4. The maximum atomic E-state index is 12.7. The fourth-order valence-corrected chi connectivity index (χ4v) is 3.63. The predicted octanol–water partition coefficient (Wildman–Crippen LogP) is 2.33. The molecule has 0 atom stereocenters. The van der Waals surface area contributed by atoms with E-state index in [1.807, 2.05) is 35.8 Å². The standard InChI is InChI=1S/C20H28N2O3/c1-14-15(2)18(25-3)8-7-17(14)13-19(23)21-9-11-22(12-10-21)20(24)16-5-4-6-16/h7-8,16H,4-6,9-13H2,1-3H3. The summed E-state index contributed by atoms with van der Waals surface area (Å²) in [5.41, 5.74) is 3.26. The second kappa shape index (κ2) is 7.46. The fourth-order valence-electron chi connectivity index (χ4n) is 3.63. The Morgan fingerprint density at radius 1 is 1.04 bits per heavy atom. The Balaban J connectivity index is 1.56. The SMILES string of the molecule is COc1ccc(CC(=O)N2CCN(C(=O)C3CCC3)CC2)c(C)c1C. The maximum Gasteiger partial charge on any atom is 0.227 e. The monoisotopic (exact) mass is 344 g/mol. The Morgan fingerprint density at radius 2 is 1.68 bits per heavy atom. The van der Waals surface area contributed by atoms with E-state index >= 15 is 0 Å². The van der Waals surface area contributed by atoms with Crippen molar-refractivity contribution in [3.05, 3.63) is 28.8 Å². The van der Waals surface area contributed by atoms with Crippen LogP contribution in [-0.4, -0.2) is 54.9 Å². The summed E-state index contributed by atoms with van der Waals surface area (Å²) >= 11 is 0. The number of benzene rings is 1. The average molecular weight is 344 g/mol. The predicted molar refractivity (Wildman–Crippen MR) is 96.7 cm³/mol. The highest BCUT2D eigenvalue weighted by Gasteiger charge is 2.32. The van der Waals surface area contributed by atoms with E-state index in [4.69, 9.17) is 4.74 Å². The Morgan fingerprint density at radius 3 is 2.24 bits per heavy atom. The molecular formula is C20H28N2O3. The summed E-state index contributed by atoms with van der Waals surface area (Å²) in [6, 6.07) is 3.91. The quantitative estimate of drug-likeness (QED) is 0.842. The summed E-state index contributed by atoms with van der Waals surface area (Å²) in [6.45, 7) is 6.68. The highest BCUT2D eigenvalue weighted by atomic mass is 16.5. The van der Waals surface area contributed by atoms with Crippen molar-refractivity contribution in [2.45, 2.75) is 39.5 Å². The van der Waals surface area contributed by atoms with Gasteiger partial charge < -0.3 is 14.5 Å². The lowest BCUT2D eigenvalue weighted by molar-refractivity contribution is -0.143. The van der Waals surface area contributed by atoms with Gasteiger partial charge in [0.1, 0.15) is 5.75 Å². The van der Waals surface area contributed by atoms with Gasteiger partial charge in [-0.25, -0.2) is 0 Å². The van der Waals surface area contributed by atoms with Gasteiger partial charge in [0.15, 0.2) is 0 Å². The molecule has 1 heterocycles. The number of hydrogen-bond donors (Lipinski definition) is 0. The van der Waals surface area contributed by atoms with Gasteiger partial charge >= 0.3 is 0 Å². The molecule has 2 amide bonds. The average Bonchev–Trinajstić information content (AvgIpc) is 2.57. The molecule has 1 saturated carbocycles. The number of nitrogens with zero attached hydrogens (tertiary/aromatic N) is 2. The molecule has 1 saturated heterocycles. The van der Waals surface area contributed by atoms with Crippen molar-refractivity contribution >= 4 is 11.8 Å². The van der Waals surface area contributed by atoms with E-state index in [1.165, 1.54) is 6.42 Å². The third-order valence-corrected chi connectivity index (χ3v) is 5.81. The van der Waals surface area contributed by atoms with Gasteiger partial charge in [0, 0.05) is 32.1 Å². The van der Waals surface area contributed by atoms with E-state index in [-0.39, 0.29) is 11.8 Å². The van der Waals surface area contributed by atoms with Crippen molar-refractivity contribution in [1.29, 1.82) is 0 Å². The smallest absolute Gasteiger partial charge is 0.227 e. The van der Waals surface area contributed by atoms with Crippen LogP contribution in [0.3, 0.4) is 0 Å². The first-order chi connectivity index (χ1) is 12.0. The van der Waals surface area contributed by atoms with Crippen LogP contribution in [0, 0.1) is 19.8 Å². The second-order valence-electron chi connectivity index (χ2n) is 7.19. The van der Waals surface area contributed by atoms with Gasteiger partial charge in [0.2, 0.25) is 11.8 Å². The Bertz CT molecular complexity index is 659. The Kier molecular flexibility index (Phi) is 5.30. The molecular weight excluding hydrogens is 316 g/mol. The van der Waals surface area contributed by atoms with Crippen molar-refractivity contribution < 1.29 is 14.3 Å². The maximum absolute atomic E-state index is 12.7. The van der Waals surface area contributed by atoms with Crippen LogP contribution in [0.1, 0.15) is 36.0 Å². The molecule has 5 nitrogen and oxygen atoms in total. The molecule has 5 heteroatoms. The molecule has 2 aliphatic rings. The summed E-state index contributed by atoms with van der Waals surface area (Å²) in [6.07, 6.45) is 3.66. The molecule has 1 aliphatic heterocycles. The lowest BCUT2D eigenvalue weighted by Crippen LogP contribution is -2.52. The molecule has 25 heavy (non-hydrogen) atoms. The minimum Gasteiger partial charge on any atom is -0.496 e. The molecule has 0 N–H and O–H groups in total. The third kappa shape index (κ3) is 3.65. The Labute approximate surface area is 149 Å². The summed E-state index contributed by atoms with van der Waals surface area (Å²) in [4.78, 5) is 28.8. The highest BCUT2D eigenvalue weighted by molar-refractivity contribution is 5.81. The van der Waals surface area contributed by atoms with Gasteiger partial charge in [-0.2, -0.15) is 0 Å². The lowest BCUT2D eigenvalue weighted by Gasteiger charge is -2.38. The zero-order valence-corrected chi connectivity index (χ0v) is 15.5. The van der Waals surface area contributed by atoms with Crippen molar-refractivity contribution in [3.8, 4) is 5.75 Å². The number of carbonyl (C=O) groups is 2. The van der Waals surface area contributed by atoms with E-state index in [2.05, 4.69) is 0 Å². The second-order valence-corrected chi connectivity index (χ2v) is 7.19. The van der Waals surface area contributed by atoms with Crippen LogP contribution >= 0.6 is 0 Å². The minimum absolute atomic E-state index is 0.142. The van der Waals surface area contributed by atoms with Crippen molar-refractivity contribution in [1.82, 2.24) is 9.80 Å². The zero-order valence-electron chi connectivity index (χ0n) is 15.5. The first-order valence-electron chi connectivity index (χ1n) is 9.21. The first-order valence-corrected chi connectivity index (χ1v) is 9.21. The van der Waals surface area contributed by atoms with Crippen LogP contribution in [0.5, 0.6) is 5.75 Å². The van der Waals surface area contributed by atoms with Gasteiger partial charge in [0.05, 0.1) is 13.5 Å². The van der Waals surface area contributed by atoms with Crippen LogP contribution in [0.25, 0.3) is 0 Å². The normalized spacial score (nSPS) is 18.0. The van der Waals surface area contributed by atoms with Gasteiger partial charge in [0.25, 0.3) is 0 Å². The summed E-state index contributed by atoms with van der Waals surface area (Å²) < 4.78 is 5.34. The molecule has 0 radical (unpaired) electrons. The molecule has 1 aromatic rings. The van der Waals surface area contributed by atoms with Gasteiger partial charge in [-0.05, 0) is 49.4 Å². The van der Waals surface area contributed by atoms with E-state index in [0.29, 0.717) is 38.5 Å². The molecule has 0 spiro atoms. The molecule has 1 aromatic carbocycles. The minimum atomic E-state index is 0.142. The molecule has 136 valence electrons. The Hall–Kier alpha value is -2.04.